The molecule has 3 amide bonds. The normalized spacial score (nSPS) is 21.7. The molecule has 3 aromatic rings. The minimum Gasteiger partial charge on any atom is -0.489 e. The van der Waals surface area contributed by atoms with Crippen LogP contribution in [0.2, 0.25) is 0 Å². The number of ether oxygens (including phenoxy) is 1. The predicted molar refractivity (Wildman–Crippen MR) is 151 cm³/mol. The first-order chi connectivity index (χ1) is 21.0. The molecule has 2 atom stereocenters. The Morgan fingerprint density at radius 2 is 1.82 bits per heavy atom. The number of imide groups is 1. The van der Waals surface area contributed by atoms with Crippen LogP contribution in [0.15, 0.2) is 59.8 Å². The minimum atomic E-state index is -5.51. The first kappa shape index (κ1) is 31.6. The number of aromatic nitrogens is 1. The topological polar surface area (TPSA) is 166 Å². The van der Waals surface area contributed by atoms with Gasteiger partial charge in [0.25, 0.3) is 5.91 Å². The summed E-state index contributed by atoms with van der Waals surface area (Å²) in [6.45, 7) is 2.36. The maximum atomic E-state index is 13.0. The molecule has 0 bridgehead atoms. The van der Waals surface area contributed by atoms with Crippen molar-refractivity contribution >= 4 is 44.5 Å². The van der Waals surface area contributed by atoms with E-state index < -0.39 is 58.2 Å². The number of carbonyl (C=O) groups excluding carboxylic acids is 3. The van der Waals surface area contributed by atoms with Crippen molar-refractivity contribution in [1.29, 1.82) is 0 Å². The molecule has 0 aliphatic carbocycles. The van der Waals surface area contributed by atoms with Gasteiger partial charge >= 0.3 is 18.2 Å². The molecule has 238 valence electrons. The smallest absolute Gasteiger partial charge is 0.489 e. The molecule has 2 aliphatic heterocycles. The van der Waals surface area contributed by atoms with Gasteiger partial charge in [0.15, 0.2) is 11.1 Å². The number of hydrogen-bond donors (Lipinski definition) is 2. The summed E-state index contributed by atoms with van der Waals surface area (Å²) in [7, 11) is -4.61. The zero-order valence-corrected chi connectivity index (χ0v) is 24.8. The van der Waals surface area contributed by atoms with Crippen molar-refractivity contribution in [2.45, 2.75) is 44.2 Å². The molecular weight excluding hydrogens is 623 g/mol. The molecule has 2 aliphatic rings. The van der Waals surface area contributed by atoms with Gasteiger partial charge in [0.2, 0.25) is 10.0 Å². The largest absolute Gasteiger partial charge is 0.492 e. The monoisotopic (exact) mass is 649 g/mol. The van der Waals surface area contributed by atoms with E-state index in [9.17, 15) is 36.0 Å². The Kier molecular flexibility index (Phi) is 7.95. The lowest BCUT2D eigenvalue weighted by Gasteiger charge is -2.32. The number of nitrogens with zero attached hydrogens (tertiary/aromatic N) is 3. The van der Waals surface area contributed by atoms with Gasteiger partial charge in [-0.05, 0) is 42.6 Å². The standard InChI is InChI=1S/C28H26F3N5O8S/c1-16-12-17(20-6-4-5-7-21(20)32-16)14-42-19-10-8-18(9-11-19)27(15-36(45(3,40)41)43-24(38)28(29,30)31)13-22(35-44-27)26(2)23(37)33-25(39)34-26/h4-12H,13-15H2,1-3H3,(H2,33,34,37,39). The molecule has 13 nitrogen and oxygen atoms in total. The molecule has 45 heavy (non-hydrogen) atoms. The Hall–Kier alpha value is -4.77. The van der Waals surface area contributed by atoms with E-state index >= 15 is 0 Å². The van der Waals surface area contributed by atoms with Crippen molar-refractivity contribution in [3.63, 3.8) is 0 Å². The number of hydroxylamine groups is 1. The summed E-state index contributed by atoms with van der Waals surface area (Å²) < 4.78 is 69.9. The van der Waals surface area contributed by atoms with Gasteiger partial charge in [-0.1, -0.05) is 35.5 Å². The number of halogens is 3. The van der Waals surface area contributed by atoms with Crippen LogP contribution in [-0.4, -0.2) is 66.0 Å². The van der Waals surface area contributed by atoms with Gasteiger partial charge in [0, 0.05) is 28.6 Å². The summed E-state index contributed by atoms with van der Waals surface area (Å²) in [6, 6.07) is 14.6. The fourth-order valence-corrected chi connectivity index (χ4v) is 5.57. The fraction of sp³-hybridized carbons (Fsp3) is 0.321. The van der Waals surface area contributed by atoms with Gasteiger partial charge in [0.05, 0.1) is 24.0 Å². The molecule has 17 heteroatoms. The number of sulfonamides is 1. The molecular formula is C28H26F3N5O8S. The summed E-state index contributed by atoms with van der Waals surface area (Å²) >= 11 is 0. The second-order valence-corrected chi connectivity index (χ2v) is 12.6. The number of benzene rings is 2. The predicted octanol–water partition coefficient (Wildman–Crippen LogP) is 2.97. The van der Waals surface area contributed by atoms with Crippen LogP contribution in [0.4, 0.5) is 18.0 Å². The van der Waals surface area contributed by atoms with E-state index in [1.54, 1.807) is 0 Å². The van der Waals surface area contributed by atoms with Crippen LogP contribution in [0, 0.1) is 6.92 Å². The third-order valence-electron chi connectivity index (χ3n) is 7.28. The zero-order valence-electron chi connectivity index (χ0n) is 24.0. The highest BCUT2D eigenvalue weighted by Gasteiger charge is 2.55. The molecule has 2 unspecified atom stereocenters. The van der Waals surface area contributed by atoms with Crippen molar-refractivity contribution in [3.05, 3.63) is 71.4 Å². The summed E-state index contributed by atoms with van der Waals surface area (Å²) in [5.74, 6) is -3.18. The number of fused-ring (bicyclic) bond motifs is 1. The average molecular weight is 650 g/mol. The van der Waals surface area contributed by atoms with E-state index in [0.717, 1.165) is 22.2 Å². The van der Waals surface area contributed by atoms with Crippen molar-refractivity contribution in [2.75, 3.05) is 12.8 Å². The van der Waals surface area contributed by atoms with Crippen LogP contribution in [0.1, 0.15) is 30.2 Å². The molecule has 5 rings (SSSR count). The SMILES string of the molecule is Cc1cc(COc2ccc(C3(CN(OC(=O)C(F)(F)F)S(C)(=O)=O)CC(C4(C)NC(=O)NC4=O)=NO3)cc2)c2ccccc2n1. The van der Waals surface area contributed by atoms with Crippen LogP contribution in [0.3, 0.4) is 0 Å². The zero-order chi connectivity index (χ0) is 32.8. The summed E-state index contributed by atoms with van der Waals surface area (Å²) in [5.41, 5.74) is -1.04. The van der Waals surface area contributed by atoms with Gasteiger partial charge in [-0.3, -0.25) is 15.1 Å². The summed E-state index contributed by atoms with van der Waals surface area (Å²) in [4.78, 5) is 50.5. The van der Waals surface area contributed by atoms with Crippen molar-refractivity contribution in [3.8, 4) is 5.75 Å². The van der Waals surface area contributed by atoms with E-state index in [1.165, 1.54) is 31.2 Å². The van der Waals surface area contributed by atoms with Crippen LogP contribution in [0.5, 0.6) is 5.75 Å². The average Bonchev–Trinajstić information content (AvgIpc) is 3.51. The van der Waals surface area contributed by atoms with Gasteiger partial charge in [-0.25, -0.2) is 18.0 Å². The molecule has 3 heterocycles. The van der Waals surface area contributed by atoms with Crippen LogP contribution < -0.4 is 15.4 Å². The molecule has 2 N–H and O–H groups in total. The van der Waals surface area contributed by atoms with Crippen LogP contribution in [0.25, 0.3) is 10.9 Å². The Bertz CT molecular complexity index is 1830. The quantitative estimate of drug-likeness (QED) is 0.262. The van der Waals surface area contributed by atoms with Crippen molar-refractivity contribution in [1.82, 2.24) is 20.1 Å². The molecule has 1 saturated heterocycles. The number of nitrogens with one attached hydrogen (secondary N) is 2. The Morgan fingerprint density at radius 3 is 2.44 bits per heavy atom. The van der Waals surface area contributed by atoms with Gasteiger partial charge in [-0.2, -0.15) is 13.2 Å². The highest BCUT2D eigenvalue weighted by atomic mass is 32.2. The van der Waals surface area contributed by atoms with Gasteiger partial charge < -0.3 is 19.7 Å². The highest BCUT2D eigenvalue weighted by Crippen LogP contribution is 2.40. The number of aryl methyl sites for hydroxylation is 1. The highest BCUT2D eigenvalue weighted by molar-refractivity contribution is 7.88. The molecule has 0 spiro atoms. The lowest BCUT2D eigenvalue weighted by molar-refractivity contribution is -0.228. The molecule has 1 aromatic heterocycles. The number of para-hydroxylation sites is 1. The maximum absolute atomic E-state index is 13.0. The van der Waals surface area contributed by atoms with Gasteiger partial charge in [-0.15, -0.1) is 0 Å². The van der Waals surface area contributed by atoms with E-state index in [-0.39, 0.29) is 22.4 Å². The van der Waals surface area contributed by atoms with Crippen LogP contribution >= 0.6 is 0 Å². The summed E-state index contributed by atoms with van der Waals surface area (Å²) in [6.07, 6.45) is -5.37. The first-order valence-electron chi connectivity index (χ1n) is 13.2. The Balaban J connectivity index is 1.45. The number of rotatable bonds is 9. The third-order valence-corrected chi connectivity index (χ3v) is 8.22. The summed E-state index contributed by atoms with van der Waals surface area (Å²) in [5, 5.41) is 9.29. The Labute approximate surface area is 254 Å². The number of oxime groups is 1. The number of hydrogen-bond acceptors (Lipinski definition) is 10. The van der Waals surface area contributed by atoms with Crippen molar-refractivity contribution < 1.29 is 50.4 Å². The number of amides is 3. The fourth-order valence-electron chi connectivity index (χ4n) is 4.92. The van der Waals surface area contributed by atoms with E-state index in [1.807, 2.05) is 37.3 Å². The number of carbonyl (C=O) groups is 3. The second-order valence-electron chi connectivity index (χ2n) is 10.7. The number of urea groups is 1. The first-order valence-corrected chi connectivity index (χ1v) is 15.1. The molecule has 0 radical (unpaired) electrons. The van der Waals surface area contributed by atoms with E-state index in [4.69, 9.17) is 9.57 Å². The second kappa shape index (κ2) is 11.3. The molecule has 0 saturated carbocycles. The van der Waals surface area contributed by atoms with E-state index in [2.05, 4.69) is 25.6 Å². The molecule has 2 aromatic carbocycles. The van der Waals surface area contributed by atoms with Crippen LogP contribution in [-0.2, 0) is 41.5 Å². The van der Waals surface area contributed by atoms with Crippen molar-refractivity contribution in [2.24, 2.45) is 5.16 Å². The number of pyridine rings is 1. The Morgan fingerprint density at radius 1 is 1.13 bits per heavy atom. The minimum absolute atomic E-state index is 0.0679. The lowest BCUT2D eigenvalue weighted by atomic mass is 9.83. The molecule has 1 fully saturated rings. The lowest BCUT2D eigenvalue weighted by Crippen LogP contribution is -2.52. The number of alkyl halides is 3. The third kappa shape index (κ3) is 6.39. The van der Waals surface area contributed by atoms with E-state index in [0.29, 0.717) is 12.0 Å². The van der Waals surface area contributed by atoms with Gasteiger partial charge in [0.1, 0.15) is 12.4 Å². The maximum Gasteiger partial charge on any atom is 0.492 e.